The zero-order chi connectivity index (χ0) is 20.8. The molecule has 3 rings (SSSR count). The molecule has 152 valence electrons. The summed E-state index contributed by atoms with van der Waals surface area (Å²) in [5, 5.41) is 2.67. The number of benzene rings is 2. The van der Waals surface area contributed by atoms with Crippen molar-refractivity contribution in [2.45, 2.75) is 25.5 Å². The molecule has 0 bridgehead atoms. The molecule has 6 nitrogen and oxygen atoms in total. The molecule has 8 heteroatoms. The number of nitrogens with zero attached hydrogens (tertiary/aromatic N) is 2. The van der Waals surface area contributed by atoms with Crippen LogP contribution in [-0.2, 0) is 9.59 Å². The van der Waals surface area contributed by atoms with E-state index in [1.165, 1.54) is 40.9 Å². The van der Waals surface area contributed by atoms with Crippen LogP contribution in [0.15, 0.2) is 53.5 Å². The summed E-state index contributed by atoms with van der Waals surface area (Å²) in [4.78, 5) is 31.3. The largest absolute Gasteiger partial charge is 0.494 e. The van der Waals surface area contributed by atoms with E-state index in [1.807, 2.05) is 13.8 Å². The van der Waals surface area contributed by atoms with Crippen LogP contribution in [0.3, 0.4) is 0 Å². The van der Waals surface area contributed by atoms with Gasteiger partial charge < -0.3 is 10.1 Å². The molecule has 2 aromatic rings. The molecule has 0 spiro atoms. The molecule has 0 unspecified atom stereocenters. The SMILES string of the molecule is CCOc1ccc(NC(=O)[C@@H]2CC(=O)N(CC)C(=Nc3ccc(F)cc3)S2)cc1. The van der Waals surface area contributed by atoms with Crippen LogP contribution < -0.4 is 10.1 Å². The molecular weight excluding hydrogens is 393 g/mol. The van der Waals surface area contributed by atoms with Crippen molar-refractivity contribution < 1.29 is 18.7 Å². The van der Waals surface area contributed by atoms with Gasteiger partial charge in [0, 0.05) is 18.7 Å². The van der Waals surface area contributed by atoms with Gasteiger partial charge in [0.15, 0.2) is 5.17 Å². The maximum atomic E-state index is 13.1. The Hall–Kier alpha value is -2.87. The lowest BCUT2D eigenvalue weighted by molar-refractivity contribution is -0.129. The van der Waals surface area contributed by atoms with Gasteiger partial charge >= 0.3 is 0 Å². The summed E-state index contributed by atoms with van der Waals surface area (Å²) in [5.41, 5.74) is 1.15. The zero-order valence-electron chi connectivity index (χ0n) is 16.2. The third kappa shape index (κ3) is 5.35. The second kappa shape index (κ2) is 9.56. The molecule has 1 aliphatic heterocycles. The highest BCUT2D eigenvalue weighted by Crippen LogP contribution is 2.30. The molecule has 1 fully saturated rings. The van der Waals surface area contributed by atoms with E-state index in [9.17, 15) is 14.0 Å². The summed E-state index contributed by atoms with van der Waals surface area (Å²) < 4.78 is 18.5. The van der Waals surface area contributed by atoms with Crippen LogP contribution in [0.2, 0.25) is 0 Å². The minimum atomic E-state index is -0.601. The highest BCUT2D eigenvalue weighted by Gasteiger charge is 2.35. The van der Waals surface area contributed by atoms with Gasteiger partial charge in [0.25, 0.3) is 0 Å². The minimum absolute atomic E-state index is 0.0871. The van der Waals surface area contributed by atoms with Crippen molar-refractivity contribution in [3.8, 4) is 5.75 Å². The van der Waals surface area contributed by atoms with Gasteiger partial charge in [0.1, 0.15) is 16.8 Å². The molecule has 0 saturated carbocycles. The Labute approximate surface area is 173 Å². The predicted octanol–water partition coefficient (Wildman–Crippen LogP) is 4.20. The van der Waals surface area contributed by atoms with E-state index in [2.05, 4.69) is 10.3 Å². The van der Waals surface area contributed by atoms with E-state index in [1.54, 1.807) is 24.3 Å². The smallest absolute Gasteiger partial charge is 0.238 e. The lowest BCUT2D eigenvalue weighted by atomic mass is 10.2. The van der Waals surface area contributed by atoms with Gasteiger partial charge in [0.05, 0.1) is 12.3 Å². The van der Waals surface area contributed by atoms with E-state index in [4.69, 9.17) is 4.74 Å². The fraction of sp³-hybridized carbons (Fsp3) is 0.286. The number of aliphatic imine (C=N–C) groups is 1. The van der Waals surface area contributed by atoms with Crippen molar-refractivity contribution in [2.24, 2.45) is 4.99 Å². The first kappa shape index (κ1) is 20.9. The first-order chi connectivity index (χ1) is 14.0. The number of amides is 2. The molecule has 2 amide bonds. The van der Waals surface area contributed by atoms with E-state index < -0.39 is 5.25 Å². The van der Waals surface area contributed by atoms with Crippen LogP contribution in [0.1, 0.15) is 20.3 Å². The van der Waals surface area contributed by atoms with Crippen molar-refractivity contribution in [1.82, 2.24) is 4.90 Å². The number of nitrogens with one attached hydrogen (secondary N) is 1. The molecule has 1 N–H and O–H groups in total. The number of ether oxygens (including phenoxy) is 1. The number of thioether (sulfide) groups is 1. The molecule has 1 heterocycles. The quantitative estimate of drug-likeness (QED) is 0.767. The van der Waals surface area contributed by atoms with E-state index in [0.29, 0.717) is 29.7 Å². The normalized spacial score (nSPS) is 18.0. The first-order valence-electron chi connectivity index (χ1n) is 9.35. The van der Waals surface area contributed by atoms with Crippen LogP contribution >= 0.6 is 11.8 Å². The molecule has 1 aliphatic rings. The van der Waals surface area contributed by atoms with Gasteiger partial charge in [-0.2, -0.15) is 0 Å². The van der Waals surface area contributed by atoms with Gasteiger partial charge in [-0.1, -0.05) is 11.8 Å². The highest BCUT2D eigenvalue weighted by atomic mass is 32.2. The zero-order valence-corrected chi connectivity index (χ0v) is 17.0. The van der Waals surface area contributed by atoms with Crippen molar-refractivity contribution in [1.29, 1.82) is 0 Å². The monoisotopic (exact) mass is 415 g/mol. The number of hydrogen-bond acceptors (Lipinski definition) is 5. The van der Waals surface area contributed by atoms with Crippen molar-refractivity contribution >= 4 is 40.1 Å². The van der Waals surface area contributed by atoms with Crippen LogP contribution in [-0.4, -0.2) is 40.3 Å². The molecule has 0 radical (unpaired) electrons. The lowest BCUT2D eigenvalue weighted by Crippen LogP contribution is -2.45. The van der Waals surface area contributed by atoms with Gasteiger partial charge in [-0.05, 0) is 62.4 Å². The molecule has 0 aromatic heterocycles. The van der Waals surface area contributed by atoms with Crippen molar-refractivity contribution in [3.63, 3.8) is 0 Å². The fourth-order valence-electron chi connectivity index (χ4n) is 2.80. The van der Waals surface area contributed by atoms with Crippen LogP contribution in [0.4, 0.5) is 15.8 Å². The Bertz CT molecular complexity index is 900. The Morgan fingerprint density at radius 2 is 1.90 bits per heavy atom. The lowest BCUT2D eigenvalue weighted by Gasteiger charge is -2.30. The second-order valence-corrected chi connectivity index (χ2v) is 7.44. The highest BCUT2D eigenvalue weighted by molar-refractivity contribution is 8.15. The van der Waals surface area contributed by atoms with E-state index in [-0.39, 0.29) is 24.1 Å². The standard InChI is InChI=1S/C21H22FN3O3S/c1-3-25-19(26)13-18(29-21(25)24-16-7-5-14(22)6-8-16)20(27)23-15-9-11-17(12-10-15)28-4-2/h5-12,18H,3-4,13H2,1-2H3,(H,23,27)/t18-/m0/s1. The Morgan fingerprint density at radius 3 is 2.52 bits per heavy atom. The third-order valence-corrected chi connectivity index (χ3v) is 5.42. The molecule has 1 atom stereocenters. The average molecular weight is 415 g/mol. The Balaban J connectivity index is 1.74. The molecule has 0 aliphatic carbocycles. The summed E-state index contributed by atoms with van der Waals surface area (Å²) >= 11 is 1.23. The summed E-state index contributed by atoms with van der Waals surface area (Å²) in [6.07, 6.45) is 0.0871. The van der Waals surface area contributed by atoms with Gasteiger partial charge in [-0.3, -0.25) is 14.5 Å². The van der Waals surface area contributed by atoms with Crippen molar-refractivity contribution in [2.75, 3.05) is 18.5 Å². The van der Waals surface area contributed by atoms with Crippen LogP contribution in [0.25, 0.3) is 0 Å². The number of hydrogen-bond donors (Lipinski definition) is 1. The maximum Gasteiger partial charge on any atom is 0.238 e. The van der Waals surface area contributed by atoms with Gasteiger partial charge in [-0.25, -0.2) is 9.38 Å². The maximum absolute atomic E-state index is 13.1. The molecule has 2 aromatic carbocycles. The average Bonchev–Trinajstić information content (AvgIpc) is 2.71. The number of anilines is 1. The number of halogens is 1. The van der Waals surface area contributed by atoms with E-state index >= 15 is 0 Å². The minimum Gasteiger partial charge on any atom is -0.494 e. The summed E-state index contributed by atoms with van der Waals surface area (Å²) in [5.74, 6) is -0.0738. The Kier molecular flexibility index (Phi) is 6.87. The topological polar surface area (TPSA) is 71.0 Å². The summed E-state index contributed by atoms with van der Waals surface area (Å²) in [6, 6.07) is 12.7. The van der Waals surface area contributed by atoms with Crippen molar-refractivity contribution in [3.05, 3.63) is 54.3 Å². The number of carbonyl (C=O) groups excluding carboxylic acids is 2. The predicted molar refractivity (Wildman–Crippen MR) is 113 cm³/mol. The molecule has 1 saturated heterocycles. The number of carbonyl (C=O) groups is 2. The van der Waals surface area contributed by atoms with E-state index in [0.717, 1.165) is 5.75 Å². The summed E-state index contributed by atoms with van der Waals surface area (Å²) in [6.45, 7) is 4.76. The third-order valence-electron chi connectivity index (χ3n) is 4.23. The molecule has 29 heavy (non-hydrogen) atoms. The van der Waals surface area contributed by atoms with Gasteiger partial charge in [0.2, 0.25) is 11.8 Å². The fourth-order valence-corrected chi connectivity index (χ4v) is 3.97. The first-order valence-corrected chi connectivity index (χ1v) is 10.2. The van der Waals surface area contributed by atoms with Crippen LogP contribution in [0, 0.1) is 5.82 Å². The molecular formula is C21H22FN3O3S. The van der Waals surface area contributed by atoms with Crippen LogP contribution in [0.5, 0.6) is 5.75 Å². The summed E-state index contributed by atoms with van der Waals surface area (Å²) in [7, 11) is 0. The number of rotatable bonds is 6. The second-order valence-electron chi connectivity index (χ2n) is 6.27. The number of amidine groups is 1. The van der Waals surface area contributed by atoms with Gasteiger partial charge in [-0.15, -0.1) is 0 Å². The Morgan fingerprint density at radius 1 is 1.21 bits per heavy atom.